The van der Waals surface area contributed by atoms with Gasteiger partial charge in [-0.15, -0.1) is 0 Å². The smallest absolute Gasteiger partial charge is 0.0901 e. The maximum Gasteiger partial charge on any atom is 0.0901 e. The molecule has 0 spiro atoms. The van der Waals surface area contributed by atoms with E-state index in [1.54, 1.807) is 14.2 Å². The standard InChI is InChI=1S/C10H22N2O2S/c1-4-9(10(11)15)12(5-7-13-2)6-8-14-3/h9H,4-8H2,1-3H3,(H2,11,15). The molecule has 90 valence electrons. The van der Waals surface area contributed by atoms with Gasteiger partial charge in [0.2, 0.25) is 0 Å². The van der Waals surface area contributed by atoms with Gasteiger partial charge in [-0.05, 0) is 6.42 Å². The molecule has 15 heavy (non-hydrogen) atoms. The van der Waals surface area contributed by atoms with Crippen LogP contribution in [0.4, 0.5) is 0 Å². The lowest BCUT2D eigenvalue weighted by atomic mass is 10.2. The second-order valence-electron chi connectivity index (χ2n) is 3.35. The number of hydrogen-bond donors (Lipinski definition) is 1. The van der Waals surface area contributed by atoms with Crippen molar-refractivity contribution in [1.29, 1.82) is 0 Å². The first-order valence-electron chi connectivity index (χ1n) is 5.18. The largest absolute Gasteiger partial charge is 0.392 e. The Morgan fingerprint density at radius 3 is 2.00 bits per heavy atom. The van der Waals surface area contributed by atoms with Crippen molar-refractivity contribution in [3.8, 4) is 0 Å². The highest BCUT2D eigenvalue weighted by atomic mass is 32.1. The molecule has 0 fully saturated rings. The molecule has 0 saturated carbocycles. The fraction of sp³-hybridized carbons (Fsp3) is 0.900. The van der Waals surface area contributed by atoms with Crippen LogP contribution in [0.25, 0.3) is 0 Å². The van der Waals surface area contributed by atoms with Crippen molar-refractivity contribution in [2.75, 3.05) is 40.5 Å². The van der Waals surface area contributed by atoms with Crippen LogP contribution in [0.1, 0.15) is 13.3 Å². The van der Waals surface area contributed by atoms with E-state index in [-0.39, 0.29) is 6.04 Å². The summed E-state index contributed by atoms with van der Waals surface area (Å²) in [5, 5.41) is 0. The van der Waals surface area contributed by atoms with E-state index in [0.29, 0.717) is 18.2 Å². The second-order valence-corrected chi connectivity index (χ2v) is 3.82. The van der Waals surface area contributed by atoms with Gasteiger partial charge in [0.25, 0.3) is 0 Å². The summed E-state index contributed by atoms with van der Waals surface area (Å²) in [5.74, 6) is 0. The topological polar surface area (TPSA) is 47.7 Å². The molecule has 0 radical (unpaired) electrons. The molecular formula is C10H22N2O2S. The lowest BCUT2D eigenvalue weighted by Gasteiger charge is -2.29. The van der Waals surface area contributed by atoms with Gasteiger partial charge in [-0.2, -0.15) is 0 Å². The summed E-state index contributed by atoms with van der Waals surface area (Å²) < 4.78 is 10.1. The van der Waals surface area contributed by atoms with E-state index in [1.165, 1.54) is 0 Å². The molecule has 4 nitrogen and oxygen atoms in total. The molecule has 0 saturated heterocycles. The van der Waals surface area contributed by atoms with Crippen LogP contribution in [0.2, 0.25) is 0 Å². The van der Waals surface area contributed by atoms with Crippen molar-refractivity contribution in [3.63, 3.8) is 0 Å². The average Bonchev–Trinajstić information content (AvgIpc) is 2.21. The van der Waals surface area contributed by atoms with Gasteiger partial charge in [0.05, 0.1) is 24.2 Å². The van der Waals surface area contributed by atoms with E-state index < -0.39 is 0 Å². The van der Waals surface area contributed by atoms with Gasteiger partial charge >= 0.3 is 0 Å². The first-order chi connectivity index (χ1) is 7.17. The number of ether oxygens (including phenoxy) is 2. The van der Waals surface area contributed by atoms with Crippen LogP contribution in [-0.2, 0) is 9.47 Å². The molecule has 2 N–H and O–H groups in total. The average molecular weight is 234 g/mol. The predicted octanol–water partition coefficient (Wildman–Crippen LogP) is 0.646. The van der Waals surface area contributed by atoms with Gasteiger partial charge in [-0.25, -0.2) is 0 Å². The molecule has 0 rings (SSSR count). The van der Waals surface area contributed by atoms with Crippen LogP contribution < -0.4 is 5.73 Å². The summed E-state index contributed by atoms with van der Waals surface area (Å²) >= 11 is 5.05. The maximum atomic E-state index is 5.70. The zero-order valence-corrected chi connectivity index (χ0v) is 10.7. The van der Waals surface area contributed by atoms with E-state index in [4.69, 9.17) is 27.4 Å². The zero-order valence-electron chi connectivity index (χ0n) is 9.86. The van der Waals surface area contributed by atoms with Crippen LogP contribution in [0.15, 0.2) is 0 Å². The third-order valence-electron chi connectivity index (χ3n) is 2.32. The summed E-state index contributed by atoms with van der Waals surface area (Å²) in [4.78, 5) is 2.75. The summed E-state index contributed by atoms with van der Waals surface area (Å²) in [6.07, 6.45) is 0.919. The van der Waals surface area contributed by atoms with Gasteiger partial charge in [0.1, 0.15) is 0 Å². The lowest BCUT2D eigenvalue weighted by Crippen LogP contribution is -2.46. The molecule has 5 heteroatoms. The van der Waals surface area contributed by atoms with Gasteiger partial charge in [-0.3, -0.25) is 4.90 Å². The molecule has 0 aliphatic heterocycles. The summed E-state index contributed by atoms with van der Waals surface area (Å²) in [6, 6.07) is 0.144. The van der Waals surface area contributed by atoms with Crippen molar-refractivity contribution in [3.05, 3.63) is 0 Å². The fourth-order valence-electron chi connectivity index (χ4n) is 1.48. The van der Waals surface area contributed by atoms with Crippen molar-refractivity contribution < 1.29 is 9.47 Å². The SMILES string of the molecule is CCC(C(N)=S)N(CCOC)CCOC. The molecule has 0 aliphatic rings. The highest BCUT2D eigenvalue weighted by Gasteiger charge is 2.18. The number of thiocarbonyl (C=S) groups is 1. The van der Waals surface area contributed by atoms with Gasteiger partial charge in [0.15, 0.2) is 0 Å². The lowest BCUT2D eigenvalue weighted by molar-refractivity contribution is 0.103. The summed E-state index contributed by atoms with van der Waals surface area (Å²) in [5.41, 5.74) is 5.70. The van der Waals surface area contributed by atoms with Gasteiger partial charge in [-0.1, -0.05) is 19.1 Å². The Bertz CT molecular complexity index is 171. The molecule has 0 aromatic heterocycles. The monoisotopic (exact) mass is 234 g/mol. The zero-order chi connectivity index (χ0) is 11.7. The van der Waals surface area contributed by atoms with E-state index in [1.807, 2.05) is 0 Å². The normalized spacial score (nSPS) is 13.1. The number of rotatable bonds is 9. The minimum absolute atomic E-state index is 0.144. The van der Waals surface area contributed by atoms with Crippen molar-refractivity contribution in [1.82, 2.24) is 4.90 Å². The molecule has 1 atom stereocenters. The maximum absolute atomic E-state index is 5.70. The highest BCUT2D eigenvalue weighted by Crippen LogP contribution is 2.04. The van der Waals surface area contributed by atoms with E-state index in [0.717, 1.165) is 19.5 Å². The quantitative estimate of drug-likeness (QED) is 0.593. The first kappa shape index (κ1) is 14.8. The predicted molar refractivity (Wildman–Crippen MR) is 66.2 cm³/mol. The van der Waals surface area contributed by atoms with E-state index >= 15 is 0 Å². The van der Waals surface area contributed by atoms with Gasteiger partial charge < -0.3 is 15.2 Å². The van der Waals surface area contributed by atoms with Crippen LogP contribution >= 0.6 is 12.2 Å². The van der Waals surface area contributed by atoms with Crippen LogP contribution in [0, 0.1) is 0 Å². The fourth-order valence-corrected chi connectivity index (χ4v) is 1.80. The van der Waals surface area contributed by atoms with Crippen molar-refractivity contribution in [2.24, 2.45) is 5.73 Å². The minimum Gasteiger partial charge on any atom is -0.392 e. The summed E-state index contributed by atoms with van der Waals surface area (Å²) in [7, 11) is 3.38. The minimum atomic E-state index is 0.144. The molecule has 0 heterocycles. The number of nitrogens with two attached hydrogens (primary N) is 1. The van der Waals surface area contributed by atoms with Crippen LogP contribution in [-0.4, -0.2) is 56.5 Å². The Labute approximate surface area is 97.7 Å². The first-order valence-corrected chi connectivity index (χ1v) is 5.59. The van der Waals surface area contributed by atoms with E-state index in [9.17, 15) is 0 Å². The molecule has 1 unspecified atom stereocenters. The molecule has 0 bridgehead atoms. The Hall–Kier alpha value is -0.230. The molecule has 0 amide bonds. The number of methoxy groups -OCH3 is 2. The van der Waals surface area contributed by atoms with Crippen molar-refractivity contribution >= 4 is 17.2 Å². The Morgan fingerprint density at radius 2 is 1.73 bits per heavy atom. The Balaban J connectivity index is 4.22. The van der Waals surface area contributed by atoms with Crippen molar-refractivity contribution in [2.45, 2.75) is 19.4 Å². The second kappa shape index (κ2) is 9.03. The molecule has 0 aromatic rings. The molecular weight excluding hydrogens is 212 g/mol. The van der Waals surface area contributed by atoms with Crippen LogP contribution in [0.3, 0.4) is 0 Å². The number of hydrogen-bond acceptors (Lipinski definition) is 4. The number of nitrogens with zero attached hydrogens (tertiary/aromatic N) is 1. The van der Waals surface area contributed by atoms with E-state index in [2.05, 4.69) is 11.8 Å². The van der Waals surface area contributed by atoms with Crippen LogP contribution in [0.5, 0.6) is 0 Å². The Kier molecular flexibility index (Phi) is 8.89. The third kappa shape index (κ3) is 6.04. The highest BCUT2D eigenvalue weighted by molar-refractivity contribution is 7.80. The Morgan fingerprint density at radius 1 is 1.27 bits per heavy atom. The third-order valence-corrected chi connectivity index (χ3v) is 2.59. The van der Waals surface area contributed by atoms with Gasteiger partial charge in [0, 0.05) is 27.3 Å². The molecule has 0 aliphatic carbocycles. The summed E-state index contributed by atoms with van der Waals surface area (Å²) in [6.45, 7) is 5.10. The molecule has 0 aromatic carbocycles.